The highest BCUT2D eigenvalue weighted by molar-refractivity contribution is 5.93. The third kappa shape index (κ3) is 4.05. The predicted molar refractivity (Wildman–Crippen MR) is 130 cm³/mol. The fraction of sp³-hybridized carbons (Fsp3) is 0.231. The van der Waals surface area contributed by atoms with E-state index in [-0.39, 0.29) is 17.6 Å². The smallest absolute Gasteiger partial charge is 0.297 e. The Labute approximate surface area is 200 Å². The summed E-state index contributed by atoms with van der Waals surface area (Å²) < 4.78 is 23.7. The largest absolute Gasteiger partial charge is 0.497 e. The number of hydrogen-bond acceptors (Lipinski definition) is 8. The minimum absolute atomic E-state index is 0.101. The van der Waals surface area contributed by atoms with Gasteiger partial charge in [0.05, 0.1) is 31.2 Å². The lowest BCUT2D eigenvalue weighted by atomic mass is 10.1. The maximum absolute atomic E-state index is 13.3. The van der Waals surface area contributed by atoms with Crippen molar-refractivity contribution in [1.29, 1.82) is 0 Å². The van der Waals surface area contributed by atoms with Gasteiger partial charge in [-0.15, -0.1) is 0 Å². The number of rotatable bonds is 7. The molecule has 0 saturated carbocycles. The SMILES string of the molecule is CCOc1ccccc1-c1nc(Cn2nc(-c3cccc(OC)c3)c3c(C)onc3c2=O)c(C)o1. The molecular formula is C26H24N4O5. The quantitative estimate of drug-likeness (QED) is 0.333. The van der Waals surface area contributed by atoms with Crippen LogP contribution in [0.3, 0.4) is 0 Å². The van der Waals surface area contributed by atoms with Gasteiger partial charge in [-0.25, -0.2) is 9.67 Å². The number of aromatic nitrogens is 4. The Morgan fingerprint density at radius 1 is 1.06 bits per heavy atom. The second-order valence-electron chi connectivity index (χ2n) is 7.96. The summed E-state index contributed by atoms with van der Waals surface area (Å²) >= 11 is 0. The molecule has 3 aromatic heterocycles. The molecule has 0 atom stereocenters. The van der Waals surface area contributed by atoms with Crippen LogP contribution in [-0.2, 0) is 6.54 Å². The number of nitrogens with zero attached hydrogens (tertiary/aromatic N) is 4. The van der Waals surface area contributed by atoms with Crippen molar-refractivity contribution in [3.63, 3.8) is 0 Å². The summed E-state index contributed by atoms with van der Waals surface area (Å²) in [7, 11) is 1.60. The molecule has 35 heavy (non-hydrogen) atoms. The number of ether oxygens (including phenoxy) is 2. The molecule has 5 rings (SSSR count). The van der Waals surface area contributed by atoms with Crippen LogP contribution in [0, 0.1) is 13.8 Å². The molecule has 0 aliphatic heterocycles. The number of methoxy groups -OCH3 is 1. The van der Waals surface area contributed by atoms with E-state index >= 15 is 0 Å². The molecular weight excluding hydrogens is 448 g/mol. The first-order chi connectivity index (χ1) is 17.0. The van der Waals surface area contributed by atoms with Crippen LogP contribution < -0.4 is 15.0 Å². The van der Waals surface area contributed by atoms with Gasteiger partial charge < -0.3 is 18.4 Å². The van der Waals surface area contributed by atoms with Crippen molar-refractivity contribution in [2.75, 3.05) is 13.7 Å². The number of fused-ring (bicyclic) bond motifs is 1. The van der Waals surface area contributed by atoms with Crippen molar-refractivity contribution in [3.05, 3.63) is 76.1 Å². The molecule has 5 aromatic rings. The summed E-state index contributed by atoms with van der Waals surface area (Å²) in [5.41, 5.74) is 2.50. The molecule has 0 amide bonds. The fourth-order valence-electron chi connectivity index (χ4n) is 3.97. The number of oxazole rings is 1. The van der Waals surface area contributed by atoms with Crippen molar-refractivity contribution < 1.29 is 18.4 Å². The first kappa shape index (κ1) is 22.4. The summed E-state index contributed by atoms with van der Waals surface area (Å²) in [6, 6.07) is 15.0. The molecule has 0 bridgehead atoms. The molecule has 0 aliphatic rings. The third-order valence-corrected chi connectivity index (χ3v) is 5.71. The Kier molecular flexibility index (Phi) is 5.82. The molecule has 0 radical (unpaired) electrons. The second kappa shape index (κ2) is 9.09. The van der Waals surface area contributed by atoms with E-state index in [2.05, 4.69) is 15.2 Å². The fourth-order valence-corrected chi connectivity index (χ4v) is 3.97. The Bertz CT molecular complexity index is 1580. The Hall–Kier alpha value is -4.40. The highest BCUT2D eigenvalue weighted by atomic mass is 16.5. The van der Waals surface area contributed by atoms with E-state index < -0.39 is 0 Å². The highest BCUT2D eigenvalue weighted by Crippen LogP contribution is 2.32. The molecule has 9 nitrogen and oxygen atoms in total. The standard InChI is InChI=1S/C26H24N4O5/c1-5-33-21-12-7-6-11-19(21)25-27-20(15(2)34-25)14-30-26(31)24-22(16(3)35-29-24)23(28-30)17-9-8-10-18(13-17)32-4/h6-13H,5,14H2,1-4H3. The van der Waals surface area contributed by atoms with E-state index in [0.717, 1.165) is 11.1 Å². The summed E-state index contributed by atoms with van der Waals surface area (Å²) in [6.07, 6.45) is 0. The second-order valence-corrected chi connectivity index (χ2v) is 7.96. The minimum Gasteiger partial charge on any atom is -0.497 e. The van der Waals surface area contributed by atoms with Gasteiger partial charge in [-0.1, -0.05) is 29.4 Å². The van der Waals surface area contributed by atoms with Crippen LogP contribution in [0.15, 0.2) is 62.3 Å². The molecule has 2 aromatic carbocycles. The van der Waals surface area contributed by atoms with Gasteiger partial charge in [-0.3, -0.25) is 4.79 Å². The Balaban J connectivity index is 1.61. The van der Waals surface area contributed by atoms with E-state index in [9.17, 15) is 4.79 Å². The first-order valence-corrected chi connectivity index (χ1v) is 11.2. The summed E-state index contributed by atoms with van der Waals surface area (Å²) in [6.45, 7) is 6.11. The van der Waals surface area contributed by atoms with Crippen LogP contribution in [0.5, 0.6) is 11.5 Å². The summed E-state index contributed by atoms with van der Waals surface area (Å²) in [4.78, 5) is 17.9. The maximum Gasteiger partial charge on any atom is 0.297 e. The minimum atomic E-state index is -0.373. The van der Waals surface area contributed by atoms with Gasteiger partial charge in [0.15, 0.2) is 5.52 Å². The zero-order valence-electron chi connectivity index (χ0n) is 19.9. The van der Waals surface area contributed by atoms with Crippen molar-refractivity contribution in [1.82, 2.24) is 19.9 Å². The number of aryl methyl sites for hydroxylation is 2. The van der Waals surface area contributed by atoms with E-state index in [1.165, 1.54) is 4.68 Å². The van der Waals surface area contributed by atoms with Crippen LogP contribution in [0.25, 0.3) is 33.6 Å². The topological polar surface area (TPSA) is 105 Å². The molecule has 9 heteroatoms. The van der Waals surface area contributed by atoms with Gasteiger partial charge in [-0.2, -0.15) is 5.10 Å². The average molecular weight is 473 g/mol. The molecule has 0 N–H and O–H groups in total. The van der Waals surface area contributed by atoms with Gasteiger partial charge >= 0.3 is 0 Å². The monoisotopic (exact) mass is 472 g/mol. The van der Waals surface area contributed by atoms with Crippen molar-refractivity contribution in [3.8, 4) is 34.2 Å². The number of benzene rings is 2. The number of hydrogen-bond donors (Lipinski definition) is 0. The highest BCUT2D eigenvalue weighted by Gasteiger charge is 2.21. The summed E-state index contributed by atoms with van der Waals surface area (Å²) in [5, 5.41) is 9.27. The molecule has 0 saturated heterocycles. The molecule has 0 aliphatic carbocycles. The zero-order chi connectivity index (χ0) is 24.5. The van der Waals surface area contributed by atoms with Crippen molar-refractivity contribution >= 4 is 10.9 Å². The maximum atomic E-state index is 13.3. The lowest BCUT2D eigenvalue weighted by Gasteiger charge is -2.09. The zero-order valence-corrected chi connectivity index (χ0v) is 19.9. The van der Waals surface area contributed by atoms with E-state index in [1.54, 1.807) is 14.0 Å². The molecule has 0 spiro atoms. The van der Waals surface area contributed by atoms with Crippen molar-refractivity contribution in [2.45, 2.75) is 27.3 Å². The van der Waals surface area contributed by atoms with E-state index in [4.69, 9.17) is 18.4 Å². The van der Waals surface area contributed by atoms with E-state index in [0.29, 0.717) is 52.3 Å². The first-order valence-electron chi connectivity index (χ1n) is 11.2. The average Bonchev–Trinajstić information content (AvgIpc) is 3.44. The van der Waals surface area contributed by atoms with Crippen LogP contribution in [0.4, 0.5) is 0 Å². The lowest BCUT2D eigenvalue weighted by Crippen LogP contribution is -2.25. The Morgan fingerprint density at radius 3 is 2.69 bits per heavy atom. The van der Waals surface area contributed by atoms with Crippen molar-refractivity contribution in [2.24, 2.45) is 0 Å². The Morgan fingerprint density at radius 2 is 1.89 bits per heavy atom. The number of para-hydroxylation sites is 1. The predicted octanol–water partition coefficient (Wildman–Crippen LogP) is 4.78. The van der Waals surface area contributed by atoms with Crippen LogP contribution in [0.2, 0.25) is 0 Å². The van der Waals surface area contributed by atoms with Gasteiger partial charge in [0.25, 0.3) is 5.56 Å². The van der Waals surface area contributed by atoms with Crippen LogP contribution >= 0.6 is 0 Å². The van der Waals surface area contributed by atoms with Gasteiger partial charge in [0.2, 0.25) is 5.89 Å². The van der Waals surface area contributed by atoms with Gasteiger partial charge in [-0.05, 0) is 45.0 Å². The summed E-state index contributed by atoms with van der Waals surface area (Å²) in [5.74, 6) is 2.87. The van der Waals surface area contributed by atoms with Gasteiger partial charge in [0.1, 0.15) is 34.4 Å². The van der Waals surface area contributed by atoms with Gasteiger partial charge in [0, 0.05) is 5.56 Å². The molecule has 178 valence electrons. The normalized spacial score (nSPS) is 11.2. The third-order valence-electron chi connectivity index (χ3n) is 5.71. The van der Waals surface area contributed by atoms with Crippen LogP contribution in [0.1, 0.15) is 24.1 Å². The van der Waals surface area contributed by atoms with E-state index in [1.807, 2.05) is 62.4 Å². The molecule has 0 fully saturated rings. The lowest BCUT2D eigenvalue weighted by molar-refractivity contribution is 0.340. The molecule has 0 unspecified atom stereocenters. The molecule has 3 heterocycles. The van der Waals surface area contributed by atoms with Crippen LogP contribution in [-0.4, -0.2) is 33.6 Å².